The summed E-state index contributed by atoms with van der Waals surface area (Å²) >= 11 is 0. The van der Waals surface area contributed by atoms with Crippen LogP contribution in [-0.4, -0.2) is 66.2 Å². The van der Waals surface area contributed by atoms with Gasteiger partial charge in [0.25, 0.3) is 0 Å². The van der Waals surface area contributed by atoms with Gasteiger partial charge in [0, 0.05) is 13.1 Å². The molecule has 1 aliphatic heterocycles. The second-order valence-electron chi connectivity index (χ2n) is 5.13. The Balaban J connectivity index is 2.33. The van der Waals surface area contributed by atoms with Crippen molar-refractivity contribution in [3.8, 4) is 0 Å². The number of carboxylic acid groups (broad SMARTS) is 1. The van der Waals surface area contributed by atoms with Gasteiger partial charge in [-0.05, 0) is 38.4 Å². The Morgan fingerprint density at radius 1 is 1.45 bits per heavy atom. The summed E-state index contributed by atoms with van der Waals surface area (Å²) < 4.78 is 0. The molecule has 0 bridgehead atoms. The zero-order chi connectivity index (χ0) is 15.0. The Morgan fingerprint density at radius 3 is 2.60 bits per heavy atom. The molecule has 0 unspecified atom stereocenters. The largest absolute Gasteiger partial charge is 0.480 e. The number of carbonyl (C=O) groups excluding carboxylic acids is 1. The second-order valence-corrected chi connectivity index (χ2v) is 5.13. The minimum atomic E-state index is -1.02. The number of nitrogens with one attached hydrogen (secondary N) is 1. The van der Waals surface area contributed by atoms with Crippen LogP contribution in [0.15, 0.2) is 12.7 Å². The summed E-state index contributed by atoms with van der Waals surface area (Å²) in [6, 6.07) is -0.328. The van der Waals surface area contributed by atoms with Gasteiger partial charge in [-0.15, -0.1) is 6.58 Å². The van der Waals surface area contributed by atoms with Crippen LogP contribution in [0.25, 0.3) is 0 Å². The average Bonchev–Trinajstić information content (AvgIpc) is 2.44. The predicted octanol–water partition coefficient (Wildman–Crippen LogP) is 1.00. The quantitative estimate of drug-likeness (QED) is 0.684. The number of amides is 2. The molecule has 2 N–H and O–H groups in total. The van der Waals surface area contributed by atoms with Gasteiger partial charge in [-0.3, -0.25) is 4.79 Å². The Kier molecular flexibility index (Phi) is 7.08. The first kappa shape index (κ1) is 16.5. The third-order valence-electron chi connectivity index (χ3n) is 3.66. The summed E-state index contributed by atoms with van der Waals surface area (Å²) in [7, 11) is 0. The minimum Gasteiger partial charge on any atom is -0.480 e. The molecular weight excluding hydrogens is 258 g/mol. The minimum absolute atomic E-state index is 0.242. The van der Waals surface area contributed by atoms with Crippen molar-refractivity contribution in [2.75, 3.05) is 39.3 Å². The van der Waals surface area contributed by atoms with Gasteiger partial charge in [-0.2, -0.15) is 0 Å². The zero-order valence-corrected chi connectivity index (χ0v) is 12.2. The van der Waals surface area contributed by atoms with Crippen LogP contribution in [0.2, 0.25) is 0 Å². The summed E-state index contributed by atoms with van der Waals surface area (Å²) in [6.45, 7) is 9.47. The molecule has 1 rings (SSSR count). The fourth-order valence-electron chi connectivity index (χ4n) is 2.39. The third kappa shape index (κ3) is 5.61. The highest BCUT2D eigenvalue weighted by atomic mass is 16.4. The topological polar surface area (TPSA) is 72.9 Å². The predicted molar refractivity (Wildman–Crippen MR) is 77.6 cm³/mol. The van der Waals surface area contributed by atoms with Gasteiger partial charge in [0.1, 0.15) is 6.54 Å². The van der Waals surface area contributed by atoms with E-state index in [0.29, 0.717) is 12.5 Å². The molecule has 6 heteroatoms. The van der Waals surface area contributed by atoms with Crippen LogP contribution in [0.1, 0.15) is 19.8 Å². The lowest BCUT2D eigenvalue weighted by Crippen LogP contribution is -2.45. The van der Waals surface area contributed by atoms with Gasteiger partial charge in [-0.1, -0.05) is 13.0 Å². The Hall–Kier alpha value is -1.56. The van der Waals surface area contributed by atoms with Crippen LogP contribution >= 0.6 is 0 Å². The molecule has 1 fully saturated rings. The smallest absolute Gasteiger partial charge is 0.323 e. The van der Waals surface area contributed by atoms with E-state index in [4.69, 9.17) is 5.11 Å². The van der Waals surface area contributed by atoms with Crippen molar-refractivity contribution in [2.24, 2.45) is 5.92 Å². The van der Waals surface area contributed by atoms with Crippen molar-refractivity contribution in [1.29, 1.82) is 0 Å². The highest BCUT2D eigenvalue weighted by molar-refractivity contribution is 5.80. The molecule has 1 saturated heterocycles. The number of rotatable bonds is 7. The van der Waals surface area contributed by atoms with Crippen molar-refractivity contribution in [3.05, 3.63) is 12.7 Å². The van der Waals surface area contributed by atoms with E-state index < -0.39 is 5.97 Å². The molecule has 0 aromatic rings. The van der Waals surface area contributed by atoms with Crippen LogP contribution in [-0.2, 0) is 4.79 Å². The normalized spacial score (nSPS) is 16.6. The van der Waals surface area contributed by atoms with Crippen LogP contribution in [0.3, 0.4) is 0 Å². The molecule has 1 aliphatic rings. The first-order valence-electron chi connectivity index (χ1n) is 7.14. The van der Waals surface area contributed by atoms with Crippen LogP contribution in [0.5, 0.6) is 0 Å². The summed E-state index contributed by atoms with van der Waals surface area (Å²) in [5.74, 6) is -0.532. The highest BCUT2D eigenvalue weighted by Gasteiger charge is 2.20. The van der Waals surface area contributed by atoms with Crippen molar-refractivity contribution in [2.45, 2.75) is 19.8 Å². The molecule has 0 aliphatic carbocycles. The van der Waals surface area contributed by atoms with Gasteiger partial charge in [0.05, 0.1) is 0 Å². The number of hydrogen-bond acceptors (Lipinski definition) is 3. The number of aliphatic carboxylic acids is 1. The van der Waals surface area contributed by atoms with E-state index in [1.54, 1.807) is 0 Å². The van der Waals surface area contributed by atoms with Crippen LogP contribution in [0, 0.1) is 5.92 Å². The first-order valence-corrected chi connectivity index (χ1v) is 7.14. The molecular formula is C14H25N3O3. The van der Waals surface area contributed by atoms with E-state index in [1.807, 2.05) is 0 Å². The van der Waals surface area contributed by atoms with E-state index >= 15 is 0 Å². The monoisotopic (exact) mass is 283 g/mol. The maximum absolute atomic E-state index is 11.9. The lowest BCUT2D eigenvalue weighted by atomic mass is 9.97. The molecule has 0 radical (unpaired) electrons. The summed E-state index contributed by atoms with van der Waals surface area (Å²) in [5, 5.41) is 11.6. The second kappa shape index (κ2) is 8.58. The maximum atomic E-state index is 11.9. The van der Waals surface area contributed by atoms with Crippen LogP contribution < -0.4 is 5.32 Å². The van der Waals surface area contributed by atoms with Crippen LogP contribution in [0.4, 0.5) is 4.79 Å². The molecule has 0 aromatic heterocycles. The van der Waals surface area contributed by atoms with E-state index in [0.717, 1.165) is 32.5 Å². The fraction of sp³-hybridized carbons (Fsp3) is 0.714. The Labute approximate surface area is 120 Å². The molecule has 0 aromatic carbocycles. The fourth-order valence-corrected chi connectivity index (χ4v) is 2.39. The van der Waals surface area contributed by atoms with Crippen molar-refractivity contribution in [1.82, 2.24) is 15.1 Å². The SMILES string of the molecule is C=CCN(CC(=O)O)C(=O)NCC1CCN(CC)CC1. The van der Waals surface area contributed by atoms with E-state index in [2.05, 4.69) is 23.7 Å². The molecule has 0 atom stereocenters. The molecule has 2 amide bonds. The number of carbonyl (C=O) groups is 2. The van der Waals surface area contributed by atoms with E-state index in [-0.39, 0.29) is 19.1 Å². The summed E-state index contributed by atoms with van der Waals surface area (Å²) in [5.41, 5.74) is 0. The molecule has 1 heterocycles. The third-order valence-corrected chi connectivity index (χ3v) is 3.66. The Morgan fingerprint density at radius 2 is 2.10 bits per heavy atom. The molecule has 20 heavy (non-hydrogen) atoms. The number of nitrogens with zero attached hydrogens (tertiary/aromatic N) is 2. The van der Waals surface area contributed by atoms with E-state index in [9.17, 15) is 9.59 Å². The first-order chi connectivity index (χ1) is 9.56. The summed E-state index contributed by atoms with van der Waals surface area (Å²) in [4.78, 5) is 26.3. The standard InChI is InChI=1S/C14H25N3O3/c1-3-7-17(11-13(18)19)14(20)15-10-12-5-8-16(4-2)9-6-12/h3,12H,1,4-11H2,2H3,(H,15,20)(H,18,19). The number of urea groups is 1. The molecule has 6 nitrogen and oxygen atoms in total. The van der Waals surface area contributed by atoms with Gasteiger partial charge in [-0.25, -0.2) is 4.79 Å². The van der Waals surface area contributed by atoms with Crippen molar-refractivity contribution in [3.63, 3.8) is 0 Å². The zero-order valence-electron chi connectivity index (χ0n) is 12.2. The van der Waals surface area contributed by atoms with Crippen molar-refractivity contribution >= 4 is 12.0 Å². The average molecular weight is 283 g/mol. The number of hydrogen-bond donors (Lipinski definition) is 2. The molecule has 114 valence electrons. The van der Waals surface area contributed by atoms with Gasteiger partial charge < -0.3 is 20.2 Å². The lowest BCUT2D eigenvalue weighted by molar-refractivity contribution is -0.137. The van der Waals surface area contributed by atoms with Crippen molar-refractivity contribution < 1.29 is 14.7 Å². The van der Waals surface area contributed by atoms with Gasteiger partial charge in [0.15, 0.2) is 0 Å². The Bertz CT molecular complexity index is 339. The number of piperidine rings is 1. The lowest BCUT2D eigenvalue weighted by Gasteiger charge is -2.31. The maximum Gasteiger partial charge on any atom is 0.323 e. The molecule has 0 saturated carbocycles. The molecule has 0 spiro atoms. The van der Waals surface area contributed by atoms with Gasteiger partial charge in [0.2, 0.25) is 0 Å². The number of carboxylic acids is 1. The number of likely N-dealkylation sites (tertiary alicyclic amines) is 1. The van der Waals surface area contributed by atoms with E-state index in [1.165, 1.54) is 11.0 Å². The highest BCUT2D eigenvalue weighted by Crippen LogP contribution is 2.15. The van der Waals surface area contributed by atoms with Gasteiger partial charge >= 0.3 is 12.0 Å². The summed E-state index contributed by atoms with van der Waals surface area (Å²) in [6.07, 6.45) is 3.69.